The van der Waals surface area contributed by atoms with Gasteiger partial charge < -0.3 is 25.8 Å². The van der Waals surface area contributed by atoms with Crippen LogP contribution in [-0.2, 0) is 14.4 Å². The van der Waals surface area contributed by atoms with Crippen LogP contribution in [0.4, 0.5) is 11.5 Å². The van der Waals surface area contributed by atoms with Crippen LogP contribution < -0.4 is 26.0 Å². The number of amides is 5. The maximum atomic E-state index is 13.2. The number of nitrogen functional groups attached to an aromatic ring is 1. The Morgan fingerprint density at radius 1 is 0.941 bits per heavy atom. The van der Waals surface area contributed by atoms with Crippen LogP contribution in [0.3, 0.4) is 0 Å². The summed E-state index contributed by atoms with van der Waals surface area (Å²) in [6.07, 6.45) is 3.69. The number of fused-ring (bicyclic) bond motifs is 1. The van der Waals surface area contributed by atoms with E-state index in [1.807, 2.05) is 12.1 Å². The van der Waals surface area contributed by atoms with Crippen molar-refractivity contribution in [1.82, 2.24) is 30.6 Å². The molecule has 1 aromatic heterocycles. The van der Waals surface area contributed by atoms with Crippen molar-refractivity contribution in [2.75, 3.05) is 56.5 Å². The first kappa shape index (κ1) is 35.3. The normalized spacial score (nSPS) is 17.8. The van der Waals surface area contributed by atoms with E-state index in [0.29, 0.717) is 48.8 Å². The van der Waals surface area contributed by atoms with Crippen molar-refractivity contribution < 1.29 is 33.8 Å². The fraction of sp³-hybridized carbons (Fsp3) is 0.417. The van der Waals surface area contributed by atoms with Gasteiger partial charge in [-0.15, -0.1) is 10.2 Å². The number of benzene rings is 2. The third-order valence-electron chi connectivity index (χ3n) is 9.43. The molecule has 3 aliphatic rings. The molecule has 0 saturated carbocycles. The lowest BCUT2D eigenvalue weighted by molar-refractivity contribution is -0.136. The number of carbonyl (C=O) groups is 5. The molecule has 4 heterocycles. The molecular weight excluding hydrogens is 656 g/mol. The van der Waals surface area contributed by atoms with Gasteiger partial charge in [-0.05, 0) is 49.6 Å². The molecule has 1 atom stereocenters. The molecule has 15 nitrogen and oxygen atoms in total. The number of unbranched alkanes of at least 4 members (excludes halogenated alkanes) is 3. The van der Waals surface area contributed by atoms with Crippen molar-refractivity contribution in [2.24, 2.45) is 0 Å². The molecule has 3 aliphatic heterocycles. The van der Waals surface area contributed by atoms with Crippen LogP contribution in [0, 0.1) is 0 Å². The fourth-order valence-electron chi connectivity index (χ4n) is 6.65. The fourth-order valence-corrected chi connectivity index (χ4v) is 6.65. The van der Waals surface area contributed by atoms with Crippen LogP contribution >= 0.6 is 0 Å². The Morgan fingerprint density at radius 2 is 1.71 bits per heavy atom. The van der Waals surface area contributed by atoms with E-state index < -0.39 is 29.7 Å². The molecule has 0 radical (unpaired) electrons. The predicted molar refractivity (Wildman–Crippen MR) is 187 cm³/mol. The molecule has 51 heavy (non-hydrogen) atoms. The topological polar surface area (TPSA) is 200 Å². The number of nitrogens with two attached hydrogens (primary N) is 1. The van der Waals surface area contributed by atoms with Crippen molar-refractivity contribution in [3.05, 3.63) is 59.7 Å². The summed E-state index contributed by atoms with van der Waals surface area (Å²) in [7, 11) is 0. The Kier molecular flexibility index (Phi) is 11.0. The van der Waals surface area contributed by atoms with Gasteiger partial charge >= 0.3 is 0 Å². The lowest BCUT2D eigenvalue weighted by atomic mass is 10.0. The zero-order valence-electron chi connectivity index (χ0n) is 28.3. The van der Waals surface area contributed by atoms with E-state index in [9.17, 15) is 29.1 Å². The molecular formula is C36H42N8O7. The minimum atomic E-state index is -1.03. The molecule has 15 heteroatoms. The molecule has 268 valence electrons. The third-order valence-corrected chi connectivity index (χ3v) is 9.43. The summed E-state index contributed by atoms with van der Waals surface area (Å²) < 4.78 is 5.89. The molecule has 2 fully saturated rings. The molecule has 5 amide bonds. The van der Waals surface area contributed by atoms with Crippen molar-refractivity contribution in [3.63, 3.8) is 0 Å². The highest BCUT2D eigenvalue weighted by molar-refractivity contribution is 6.24. The van der Waals surface area contributed by atoms with Gasteiger partial charge in [-0.3, -0.25) is 39.1 Å². The van der Waals surface area contributed by atoms with E-state index in [1.165, 1.54) is 6.07 Å². The number of piperazine rings is 1. The summed E-state index contributed by atoms with van der Waals surface area (Å²) >= 11 is 0. The average Bonchev–Trinajstić information content (AvgIpc) is 3.38. The van der Waals surface area contributed by atoms with Gasteiger partial charge in [0, 0.05) is 57.7 Å². The van der Waals surface area contributed by atoms with Crippen LogP contribution in [0.1, 0.15) is 65.7 Å². The first-order chi connectivity index (χ1) is 24.7. The van der Waals surface area contributed by atoms with E-state index in [-0.39, 0.29) is 35.6 Å². The number of aromatic nitrogens is 2. The SMILES string of the molecule is Nc1nnc(-c2ccccc2O)cc1N1CCN(CCNC(=O)CCCCCCOc2cccc3c2C(=O)N(C2CCC(=O)NC2=O)C3=O)CC1. The summed E-state index contributed by atoms with van der Waals surface area (Å²) in [6.45, 7) is 4.74. The van der Waals surface area contributed by atoms with Gasteiger partial charge in [0.25, 0.3) is 11.8 Å². The Balaban J connectivity index is 0.852. The number of anilines is 2. The number of imide groups is 2. The second kappa shape index (κ2) is 16.0. The number of rotatable bonds is 14. The molecule has 6 rings (SSSR count). The summed E-state index contributed by atoms with van der Waals surface area (Å²) in [5, 5.41) is 23.7. The van der Waals surface area contributed by atoms with Gasteiger partial charge in [-0.25, -0.2) is 0 Å². The Bertz CT molecular complexity index is 1810. The molecule has 2 saturated heterocycles. The van der Waals surface area contributed by atoms with Gasteiger partial charge in [0.1, 0.15) is 17.5 Å². The van der Waals surface area contributed by atoms with Crippen LogP contribution in [0.5, 0.6) is 11.5 Å². The van der Waals surface area contributed by atoms with E-state index in [1.54, 1.807) is 30.3 Å². The quantitative estimate of drug-likeness (QED) is 0.141. The summed E-state index contributed by atoms with van der Waals surface area (Å²) in [4.78, 5) is 67.9. The number of ether oxygens (including phenoxy) is 1. The standard InChI is InChI=1S/C36H42N8O7/c37-33-27(22-25(40-41-33)23-8-4-5-10-28(23)45)43-19-17-42(18-20-43)16-15-38-30(46)12-3-1-2-6-21-51-29-11-7-9-24-32(29)36(50)44(35(24)49)26-13-14-31(47)39-34(26)48/h4-5,7-11,22,26,45H,1-3,6,12-21H2,(H2,37,41)(H,38,46)(H,39,47,48). The maximum absolute atomic E-state index is 13.2. The van der Waals surface area contributed by atoms with E-state index in [2.05, 4.69) is 30.6 Å². The van der Waals surface area contributed by atoms with Gasteiger partial charge in [0.05, 0.1) is 29.1 Å². The number of nitrogens with zero attached hydrogens (tertiary/aromatic N) is 5. The van der Waals surface area contributed by atoms with Crippen molar-refractivity contribution in [1.29, 1.82) is 0 Å². The molecule has 1 unspecified atom stereocenters. The number of para-hydroxylation sites is 1. The zero-order chi connectivity index (χ0) is 35.9. The number of carbonyl (C=O) groups excluding carboxylic acids is 5. The molecule has 2 aromatic carbocycles. The number of phenols is 1. The average molecular weight is 699 g/mol. The summed E-state index contributed by atoms with van der Waals surface area (Å²) in [6, 6.07) is 12.6. The second-order valence-corrected chi connectivity index (χ2v) is 12.8. The highest BCUT2D eigenvalue weighted by atomic mass is 16.5. The van der Waals surface area contributed by atoms with Gasteiger partial charge in [-0.1, -0.05) is 31.0 Å². The second-order valence-electron chi connectivity index (χ2n) is 12.8. The number of piperidine rings is 1. The Hall–Kier alpha value is -5.57. The molecule has 3 aromatic rings. The predicted octanol–water partition coefficient (Wildman–Crippen LogP) is 2.10. The van der Waals surface area contributed by atoms with Crippen LogP contribution in [-0.4, -0.2) is 107 Å². The monoisotopic (exact) mass is 698 g/mol. The van der Waals surface area contributed by atoms with E-state index >= 15 is 0 Å². The van der Waals surface area contributed by atoms with E-state index in [0.717, 1.165) is 62.6 Å². The smallest absolute Gasteiger partial charge is 0.266 e. The minimum absolute atomic E-state index is 0.0146. The number of hydrogen-bond donors (Lipinski definition) is 4. The number of nitrogens with one attached hydrogen (secondary N) is 2. The lowest BCUT2D eigenvalue weighted by Crippen LogP contribution is -2.54. The Morgan fingerprint density at radius 3 is 2.49 bits per heavy atom. The van der Waals surface area contributed by atoms with Gasteiger partial charge in [-0.2, -0.15) is 0 Å². The highest BCUT2D eigenvalue weighted by Gasteiger charge is 2.46. The zero-order valence-corrected chi connectivity index (χ0v) is 28.3. The van der Waals surface area contributed by atoms with Crippen LogP contribution in [0.25, 0.3) is 11.3 Å². The van der Waals surface area contributed by atoms with Crippen molar-refractivity contribution >= 4 is 41.0 Å². The summed E-state index contributed by atoms with van der Waals surface area (Å²) in [5.41, 5.74) is 8.43. The Labute approximate surface area is 295 Å². The molecule has 5 N–H and O–H groups in total. The minimum Gasteiger partial charge on any atom is -0.507 e. The van der Waals surface area contributed by atoms with Gasteiger partial charge in [0.15, 0.2) is 5.82 Å². The highest BCUT2D eigenvalue weighted by Crippen LogP contribution is 2.34. The summed E-state index contributed by atoms with van der Waals surface area (Å²) in [5.74, 6) is -1.46. The van der Waals surface area contributed by atoms with Crippen LogP contribution in [0.15, 0.2) is 48.5 Å². The molecule has 0 spiro atoms. The largest absolute Gasteiger partial charge is 0.507 e. The van der Waals surface area contributed by atoms with Crippen molar-refractivity contribution in [2.45, 2.75) is 51.0 Å². The van der Waals surface area contributed by atoms with Gasteiger partial charge in [0.2, 0.25) is 17.7 Å². The number of phenolic OH excluding ortho intramolecular Hbond substituents is 1. The maximum Gasteiger partial charge on any atom is 0.266 e. The van der Waals surface area contributed by atoms with E-state index in [4.69, 9.17) is 10.5 Å². The first-order valence-electron chi connectivity index (χ1n) is 17.3. The third kappa shape index (κ3) is 8.09. The molecule has 0 bridgehead atoms. The number of aromatic hydroxyl groups is 1. The lowest BCUT2D eigenvalue weighted by Gasteiger charge is -2.36. The van der Waals surface area contributed by atoms with Crippen LogP contribution in [0.2, 0.25) is 0 Å². The van der Waals surface area contributed by atoms with Crippen molar-refractivity contribution in [3.8, 4) is 22.8 Å². The molecule has 0 aliphatic carbocycles. The first-order valence-corrected chi connectivity index (χ1v) is 17.3. The number of hydrogen-bond acceptors (Lipinski definition) is 12.